The van der Waals surface area contributed by atoms with Crippen molar-refractivity contribution < 1.29 is 19.5 Å². The molecule has 0 unspecified atom stereocenters. The first-order valence-electron chi connectivity index (χ1n) is 6.37. The molecule has 5 nitrogen and oxygen atoms in total. The Bertz CT molecular complexity index is 712. The maximum Gasteiger partial charge on any atom is 0.337 e. The Morgan fingerprint density at radius 1 is 1.18 bits per heavy atom. The van der Waals surface area contributed by atoms with Gasteiger partial charge in [-0.2, -0.15) is 0 Å². The first-order valence-corrected chi connectivity index (χ1v) is 8.32. The lowest BCUT2D eigenvalue weighted by molar-refractivity contribution is -0.116. The van der Waals surface area contributed by atoms with Gasteiger partial charge in [0.2, 0.25) is 5.91 Å². The van der Waals surface area contributed by atoms with Crippen LogP contribution in [0.4, 0.5) is 5.69 Å². The quantitative estimate of drug-likeness (QED) is 0.543. The molecule has 0 aliphatic rings. The number of aromatic carboxylic acids is 1. The van der Waals surface area contributed by atoms with Gasteiger partial charge in [0.15, 0.2) is 5.78 Å². The minimum atomic E-state index is -1.11. The van der Waals surface area contributed by atoms with Crippen molar-refractivity contribution in [3.05, 3.63) is 49.7 Å². The van der Waals surface area contributed by atoms with Gasteiger partial charge in [-0.3, -0.25) is 9.59 Å². The number of nitrogens with one attached hydrogen (secondary N) is 1. The number of carbonyl (C=O) groups is 3. The van der Waals surface area contributed by atoms with Crippen LogP contribution in [-0.2, 0) is 4.79 Å². The van der Waals surface area contributed by atoms with Crippen LogP contribution in [0.25, 0.3) is 0 Å². The van der Waals surface area contributed by atoms with Crippen LogP contribution < -0.4 is 5.32 Å². The van der Waals surface area contributed by atoms with Crippen molar-refractivity contribution in [1.29, 1.82) is 0 Å². The van der Waals surface area contributed by atoms with Crippen LogP contribution in [0, 0.1) is 3.57 Å². The van der Waals surface area contributed by atoms with Gasteiger partial charge in [0, 0.05) is 16.4 Å². The molecule has 22 heavy (non-hydrogen) atoms. The molecule has 0 atom stereocenters. The number of halogens is 1. The summed E-state index contributed by atoms with van der Waals surface area (Å²) in [4.78, 5) is 35.5. The highest BCUT2D eigenvalue weighted by atomic mass is 127. The fourth-order valence-corrected chi connectivity index (χ4v) is 2.99. The van der Waals surface area contributed by atoms with Crippen LogP contribution in [-0.4, -0.2) is 22.8 Å². The molecule has 2 aromatic rings. The number of rotatable bonds is 6. The Kier molecular flexibility index (Phi) is 5.67. The number of benzene rings is 1. The van der Waals surface area contributed by atoms with Gasteiger partial charge in [0.05, 0.1) is 16.1 Å². The van der Waals surface area contributed by atoms with Crippen molar-refractivity contribution in [3.63, 3.8) is 0 Å². The standard InChI is InChI=1S/C15H12INO4S/c16-9-3-4-11(10(8-9)15(20)21)17-14(19)6-5-12(18)13-2-1-7-22-13/h1-4,7-8H,5-6H2,(H,17,19)(H,20,21). The third-order valence-corrected chi connectivity index (χ3v) is 4.44. The zero-order valence-electron chi connectivity index (χ0n) is 11.3. The van der Waals surface area contributed by atoms with Crippen LogP contribution in [0.5, 0.6) is 0 Å². The highest BCUT2D eigenvalue weighted by molar-refractivity contribution is 14.1. The van der Waals surface area contributed by atoms with Crippen LogP contribution in [0.3, 0.4) is 0 Å². The van der Waals surface area contributed by atoms with Gasteiger partial charge in [-0.05, 0) is 52.2 Å². The summed E-state index contributed by atoms with van der Waals surface area (Å²) in [6, 6.07) is 8.23. The number of hydrogen-bond acceptors (Lipinski definition) is 4. The summed E-state index contributed by atoms with van der Waals surface area (Å²) >= 11 is 3.34. The van der Waals surface area contributed by atoms with E-state index >= 15 is 0 Å². The van der Waals surface area contributed by atoms with E-state index in [1.807, 2.05) is 22.6 Å². The number of hydrogen-bond donors (Lipinski definition) is 2. The van der Waals surface area contributed by atoms with Gasteiger partial charge in [-0.25, -0.2) is 4.79 Å². The molecule has 0 fully saturated rings. The second-order valence-electron chi connectivity index (χ2n) is 4.44. The molecule has 1 amide bonds. The third kappa shape index (κ3) is 4.38. The van der Waals surface area contributed by atoms with E-state index in [2.05, 4.69) is 5.32 Å². The summed E-state index contributed by atoms with van der Waals surface area (Å²) in [5.74, 6) is -1.58. The Hall–Kier alpha value is -1.74. The molecule has 1 aromatic heterocycles. The number of Topliss-reactive ketones (excluding diaryl/α,β-unsaturated/α-hetero) is 1. The maximum absolute atomic E-state index is 11.9. The van der Waals surface area contributed by atoms with Gasteiger partial charge in [-0.1, -0.05) is 6.07 Å². The number of anilines is 1. The molecule has 0 bridgehead atoms. The van der Waals surface area contributed by atoms with Crippen molar-refractivity contribution in [2.75, 3.05) is 5.32 Å². The molecule has 2 N–H and O–H groups in total. The average Bonchev–Trinajstić information content (AvgIpc) is 3.00. The Morgan fingerprint density at radius 2 is 1.95 bits per heavy atom. The SMILES string of the molecule is O=C(CCC(=O)c1cccs1)Nc1ccc(I)cc1C(=O)O. The lowest BCUT2D eigenvalue weighted by Crippen LogP contribution is -2.15. The van der Waals surface area contributed by atoms with E-state index in [9.17, 15) is 14.4 Å². The third-order valence-electron chi connectivity index (χ3n) is 2.86. The summed E-state index contributed by atoms with van der Waals surface area (Å²) in [6.45, 7) is 0. The summed E-state index contributed by atoms with van der Waals surface area (Å²) in [5.41, 5.74) is 0.270. The summed E-state index contributed by atoms with van der Waals surface area (Å²) in [7, 11) is 0. The smallest absolute Gasteiger partial charge is 0.337 e. The number of thiophene rings is 1. The average molecular weight is 429 g/mol. The van der Waals surface area contributed by atoms with E-state index in [-0.39, 0.29) is 35.8 Å². The van der Waals surface area contributed by atoms with Gasteiger partial charge in [0.25, 0.3) is 0 Å². The highest BCUT2D eigenvalue weighted by Gasteiger charge is 2.14. The molecule has 7 heteroatoms. The largest absolute Gasteiger partial charge is 0.478 e. The topological polar surface area (TPSA) is 83.5 Å². The van der Waals surface area contributed by atoms with Crippen molar-refractivity contribution in [3.8, 4) is 0 Å². The van der Waals surface area contributed by atoms with Crippen LogP contribution >= 0.6 is 33.9 Å². The number of ketones is 1. The summed E-state index contributed by atoms with van der Waals surface area (Å²) < 4.78 is 0.765. The second kappa shape index (κ2) is 7.50. The predicted molar refractivity (Wildman–Crippen MR) is 92.6 cm³/mol. The Morgan fingerprint density at radius 3 is 2.59 bits per heavy atom. The van der Waals surface area contributed by atoms with E-state index in [1.165, 1.54) is 17.4 Å². The summed E-state index contributed by atoms with van der Waals surface area (Å²) in [6.07, 6.45) is 0.112. The minimum absolute atomic E-state index is 0.0157. The van der Waals surface area contributed by atoms with E-state index in [1.54, 1.807) is 29.6 Å². The van der Waals surface area contributed by atoms with Crippen molar-refractivity contribution in [1.82, 2.24) is 0 Å². The fourth-order valence-electron chi connectivity index (χ4n) is 1.80. The zero-order chi connectivity index (χ0) is 16.1. The Balaban J connectivity index is 1.98. The van der Waals surface area contributed by atoms with Crippen LogP contribution in [0.2, 0.25) is 0 Å². The molecule has 0 aliphatic heterocycles. The fraction of sp³-hybridized carbons (Fsp3) is 0.133. The molecular weight excluding hydrogens is 417 g/mol. The van der Waals surface area contributed by atoms with Gasteiger partial charge in [0.1, 0.15) is 0 Å². The van der Waals surface area contributed by atoms with Crippen molar-refractivity contribution in [2.45, 2.75) is 12.8 Å². The lowest BCUT2D eigenvalue weighted by atomic mass is 10.1. The monoisotopic (exact) mass is 429 g/mol. The molecule has 0 radical (unpaired) electrons. The molecule has 0 spiro atoms. The number of carbonyl (C=O) groups excluding carboxylic acids is 2. The molecule has 114 valence electrons. The highest BCUT2D eigenvalue weighted by Crippen LogP contribution is 2.20. The van der Waals surface area contributed by atoms with Gasteiger partial charge >= 0.3 is 5.97 Å². The summed E-state index contributed by atoms with van der Waals surface area (Å²) in [5, 5.41) is 13.5. The van der Waals surface area contributed by atoms with E-state index < -0.39 is 5.97 Å². The van der Waals surface area contributed by atoms with E-state index in [0.29, 0.717) is 4.88 Å². The molecule has 0 saturated carbocycles. The van der Waals surface area contributed by atoms with Crippen LogP contribution in [0.15, 0.2) is 35.7 Å². The number of amides is 1. The van der Waals surface area contributed by atoms with Crippen LogP contribution in [0.1, 0.15) is 32.9 Å². The molecule has 2 rings (SSSR count). The first kappa shape index (κ1) is 16.6. The molecule has 1 heterocycles. The molecule has 1 aromatic carbocycles. The van der Waals surface area contributed by atoms with Crippen molar-refractivity contribution >= 4 is 57.3 Å². The number of carboxylic acid groups (broad SMARTS) is 1. The van der Waals surface area contributed by atoms with E-state index in [0.717, 1.165) is 3.57 Å². The first-order chi connectivity index (χ1) is 10.5. The lowest BCUT2D eigenvalue weighted by Gasteiger charge is -2.08. The minimum Gasteiger partial charge on any atom is -0.478 e. The number of carboxylic acids is 1. The van der Waals surface area contributed by atoms with Gasteiger partial charge in [-0.15, -0.1) is 11.3 Å². The molecule has 0 aliphatic carbocycles. The predicted octanol–water partition coefficient (Wildman–Crippen LogP) is 3.65. The molecular formula is C15H12INO4S. The maximum atomic E-state index is 11.9. The Labute approximate surface area is 144 Å². The second-order valence-corrected chi connectivity index (χ2v) is 6.64. The van der Waals surface area contributed by atoms with Crippen molar-refractivity contribution in [2.24, 2.45) is 0 Å². The zero-order valence-corrected chi connectivity index (χ0v) is 14.3. The van der Waals surface area contributed by atoms with E-state index in [4.69, 9.17) is 5.11 Å². The molecule has 0 saturated heterocycles. The normalized spacial score (nSPS) is 10.2. The van der Waals surface area contributed by atoms with Gasteiger partial charge < -0.3 is 10.4 Å².